The van der Waals surface area contributed by atoms with Gasteiger partial charge in [-0.05, 0) is 79.2 Å². The summed E-state index contributed by atoms with van der Waals surface area (Å²) in [5.41, 5.74) is 1.67. The van der Waals surface area contributed by atoms with Gasteiger partial charge in [0.1, 0.15) is 5.75 Å². The van der Waals surface area contributed by atoms with Gasteiger partial charge in [-0.3, -0.25) is 9.52 Å². The monoisotopic (exact) mass is 538 g/mol. The highest BCUT2D eigenvalue weighted by atomic mass is 35.5. The Balaban J connectivity index is 1.38. The number of carbonyl (C=O) groups excluding carboxylic acids is 1. The number of halogens is 1. The molecule has 9 heteroatoms. The Bertz CT molecular complexity index is 1460. The second kappa shape index (κ2) is 11.5. The minimum absolute atomic E-state index is 0.0821. The van der Waals surface area contributed by atoms with E-state index in [-0.39, 0.29) is 17.4 Å². The summed E-state index contributed by atoms with van der Waals surface area (Å²) < 4.78 is 33.7. The number of amides is 1. The molecule has 0 aromatic heterocycles. The third kappa shape index (κ3) is 6.81. The molecule has 0 heterocycles. The van der Waals surface area contributed by atoms with E-state index in [1.54, 1.807) is 43.0 Å². The van der Waals surface area contributed by atoms with E-state index in [0.717, 1.165) is 9.79 Å². The van der Waals surface area contributed by atoms with Crippen LogP contribution in [0.25, 0.3) is 0 Å². The molecule has 0 aliphatic carbocycles. The second-order valence-electron chi connectivity index (χ2n) is 7.79. The first-order valence-electron chi connectivity index (χ1n) is 10.9. The Labute approximate surface area is 219 Å². The van der Waals surface area contributed by atoms with Crippen molar-refractivity contribution in [2.75, 3.05) is 16.6 Å². The summed E-state index contributed by atoms with van der Waals surface area (Å²) in [6, 6.07) is 28.3. The van der Waals surface area contributed by atoms with Gasteiger partial charge in [0.2, 0.25) is 0 Å². The molecule has 0 fully saturated rings. The van der Waals surface area contributed by atoms with Crippen LogP contribution < -0.4 is 14.8 Å². The molecule has 0 aliphatic rings. The minimum atomic E-state index is -3.80. The molecular formula is C27H23ClN2O4S2. The van der Waals surface area contributed by atoms with Crippen LogP contribution >= 0.6 is 23.4 Å². The number of carbonyl (C=O) groups is 1. The van der Waals surface area contributed by atoms with Crippen LogP contribution in [0.15, 0.2) is 112 Å². The number of hydrogen-bond acceptors (Lipinski definition) is 5. The quantitative estimate of drug-likeness (QED) is 0.250. The SMILES string of the molecule is Cc1cc(S(=O)(=O)Nc2ccc(Cl)cc2)ccc1OCC(=O)Nc1ccccc1Sc1ccccc1. The maximum Gasteiger partial charge on any atom is 0.262 e. The van der Waals surface area contributed by atoms with Gasteiger partial charge in [0.15, 0.2) is 6.61 Å². The van der Waals surface area contributed by atoms with E-state index in [1.165, 1.54) is 18.2 Å². The number of rotatable bonds is 9. The molecule has 4 aromatic rings. The van der Waals surface area contributed by atoms with Gasteiger partial charge in [0.25, 0.3) is 15.9 Å². The summed E-state index contributed by atoms with van der Waals surface area (Å²) >= 11 is 7.41. The molecule has 0 saturated heterocycles. The van der Waals surface area contributed by atoms with Crippen LogP contribution in [-0.2, 0) is 14.8 Å². The van der Waals surface area contributed by atoms with Crippen molar-refractivity contribution in [3.8, 4) is 5.75 Å². The minimum Gasteiger partial charge on any atom is -0.483 e. The number of hydrogen-bond donors (Lipinski definition) is 2. The lowest BCUT2D eigenvalue weighted by Crippen LogP contribution is -2.21. The Kier molecular flexibility index (Phi) is 8.20. The summed E-state index contributed by atoms with van der Waals surface area (Å²) in [4.78, 5) is 14.7. The molecule has 0 atom stereocenters. The molecule has 6 nitrogen and oxygen atoms in total. The van der Waals surface area contributed by atoms with Gasteiger partial charge in [0, 0.05) is 20.5 Å². The van der Waals surface area contributed by atoms with E-state index < -0.39 is 10.0 Å². The predicted octanol–water partition coefficient (Wildman–Crippen LogP) is 6.62. The number of anilines is 2. The molecule has 0 radical (unpaired) electrons. The van der Waals surface area contributed by atoms with Gasteiger partial charge in [-0.1, -0.05) is 53.7 Å². The standard InChI is InChI=1S/C27H23ClN2O4S2/c1-19-17-23(36(32,33)30-21-13-11-20(28)12-14-21)15-16-25(19)34-18-27(31)29-24-9-5-6-10-26(24)35-22-7-3-2-4-8-22/h2-17,30H,18H2,1H3,(H,29,31). The van der Waals surface area contributed by atoms with Crippen molar-refractivity contribution in [2.24, 2.45) is 0 Å². The van der Waals surface area contributed by atoms with Gasteiger partial charge in [-0.15, -0.1) is 0 Å². The van der Waals surface area contributed by atoms with Gasteiger partial charge >= 0.3 is 0 Å². The number of para-hydroxylation sites is 1. The fourth-order valence-corrected chi connectivity index (χ4v) is 5.48. The van der Waals surface area contributed by atoms with Crippen LogP contribution in [-0.4, -0.2) is 20.9 Å². The number of nitrogens with one attached hydrogen (secondary N) is 2. The van der Waals surface area contributed by atoms with Crippen molar-refractivity contribution in [1.29, 1.82) is 0 Å². The summed E-state index contributed by atoms with van der Waals surface area (Å²) in [5.74, 6) is 0.0964. The number of sulfonamides is 1. The van der Waals surface area contributed by atoms with Crippen LogP contribution in [0.4, 0.5) is 11.4 Å². The highest BCUT2D eigenvalue weighted by Crippen LogP contribution is 2.33. The largest absolute Gasteiger partial charge is 0.483 e. The predicted molar refractivity (Wildman–Crippen MR) is 145 cm³/mol. The summed E-state index contributed by atoms with van der Waals surface area (Å²) in [7, 11) is -3.80. The van der Waals surface area contributed by atoms with E-state index in [2.05, 4.69) is 10.0 Å². The highest BCUT2D eigenvalue weighted by molar-refractivity contribution is 7.99. The first kappa shape index (κ1) is 25.6. The maximum absolute atomic E-state index is 12.7. The smallest absolute Gasteiger partial charge is 0.262 e. The Morgan fingerprint density at radius 1 is 0.917 bits per heavy atom. The van der Waals surface area contributed by atoms with Gasteiger partial charge < -0.3 is 10.1 Å². The third-order valence-corrected chi connectivity index (χ3v) is 7.76. The number of ether oxygens (including phenoxy) is 1. The van der Waals surface area contributed by atoms with Crippen LogP contribution in [0.1, 0.15) is 5.56 Å². The lowest BCUT2D eigenvalue weighted by atomic mass is 10.2. The highest BCUT2D eigenvalue weighted by Gasteiger charge is 2.16. The molecule has 0 aliphatic heterocycles. The summed E-state index contributed by atoms with van der Waals surface area (Å²) in [6.45, 7) is 1.50. The molecule has 0 saturated carbocycles. The fraction of sp³-hybridized carbons (Fsp3) is 0.0741. The topological polar surface area (TPSA) is 84.5 Å². The van der Waals surface area contributed by atoms with Crippen molar-refractivity contribution in [3.05, 3.63) is 108 Å². The molecule has 4 aromatic carbocycles. The normalized spacial score (nSPS) is 11.1. The molecule has 0 unspecified atom stereocenters. The molecule has 1 amide bonds. The van der Waals surface area contributed by atoms with E-state index in [0.29, 0.717) is 27.7 Å². The average Bonchev–Trinajstić information content (AvgIpc) is 2.86. The molecular weight excluding hydrogens is 516 g/mol. The molecule has 4 rings (SSSR count). The van der Waals surface area contributed by atoms with Gasteiger partial charge in [-0.25, -0.2) is 8.42 Å². The van der Waals surface area contributed by atoms with Crippen LogP contribution in [0.2, 0.25) is 5.02 Å². The molecule has 0 bridgehead atoms. The Morgan fingerprint density at radius 2 is 1.61 bits per heavy atom. The zero-order valence-corrected chi connectivity index (χ0v) is 21.7. The summed E-state index contributed by atoms with van der Waals surface area (Å²) in [6.07, 6.45) is 0. The Morgan fingerprint density at radius 3 is 2.33 bits per heavy atom. The van der Waals surface area contributed by atoms with Gasteiger partial charge in [0.05, 0.1) is 10.6 Å². The molecule has 36 heavy (non-hydrogen) atoms. The lowest BCUT2D eigenvalue weighted by Gasteiger charge is -2.13. The first-order chi connectivity index (χ1) is 17.3. The fourth-order valence-electron chi connectivity index (χ4n) is 3.29. The zero-order valence-electron chi connectivity index (χ0n) is 19.3. The van der Waals surface area contributed by atoms with E-state index >= 15 is 0 Å². The van der Waals surface area contributed by atoms with Crippen molar-refractivity contribution >= 4 is 50.7 Å². The molecule has 2 N–H and O–H groups in total. The maximum atomic E-state index is 12.7. The number of benzene rings is 4. The van der Waals surface area contributed by atoms with Crippen LogP contribution in [0.5, 0.6) is 5.75 Å². The van der Waals surface area contributed by atoms with E-state index in [1.807, 2.05) is 54.6 Å². The van der Waals surface area contributed by atoms with Crippen molar-refractivity contribution in [2.45, 2.75) is 21.6 Å². The molecule has 184 valence electrons. The lowest BCUT2D eigenvalue weighted by molar-refractivity contribution is -0.118. The average molecular weight is 539 g/mol. The van der Waals surface area contributed by atoms with Crippen molar-refractivity contribution < 1.29 is 17.9 Å². The third-order valence-electron chi connectivity index (χ3n) is 5.04. The first-order valence-corrected chi connectivity index (χ1v) is 13.6. The Hall–Kier alpha value is -3.46. The zero-order chi connectivity index (χ0) is 25.5. The number of aryl methyl sites for hydroxylation is 1. The van der Waals surface area contributed by atoms with Crippen LogP contribution in [0.3, 0.4) is 0 Å². The van der Waals surface area contributed by atoms with Crippen LogP contribution in [0, 0.1) is 6.92 Å². The van der Waals surface area contributed by atoms with E-state index in [9.17, 15) is 13.2 Å². The van der Waals surface area contributed by atoms with E-state index in [4.69, 9.17) is 16.3 Å². The van der Waals surface area contributed by atoms with Crippen molar-refractivity contribution in [1.82, 2.24) is 0 Å². The van der Waals surface area contributed by atoms with Gasteiger partial charge in [-0.2, -0.15) is 0 Å². The molecule has 0 spiro atoms. The van der Waals surface area contributed by atoms with Crippen molar-refractivity contribution in [3.63, 3.8) is 0 Å². The second-order valence-corrected chi connectivity index (χ2v) is 11.0. The summed E-state index contributed by atoms with van der Waals surface area (Å²) in [5, 5.41) is 3.40.